The molecule has 1 aliphatic heterocycles. The van der Waals surface area contributed by atoms with Gasteiger partial charge in [-0.15, -0.1) is 0 Å². The van der Waals surface area contributed by atoms with Crippen LogP contribution in [0.15, 0.2) is 36.4 Å². The first-order valence-electron chi connectivity index (χ1n) is 8.43. The Balaban J connectivity index is 1.89. The van der Waals surface area contributed by atoms with Crippen molar-refractivity contribution in [3.63, 3.8) is 0 Å². The van der Waals surface area contributed by atoms with Gasteiger partial charge in [0, 0.05) is 31.1 Å². The maximum Gasteiger partial charge on any atom is 0.131 e. The van der Waals surface area contributed by atoms with Crippen LogP contribution in [0.3, 0.4) is 0 Å². The first-order chi connectivity index (χ1) is 11.9. The van der Waals surface area contributed by atoms with Crippen LogP contribution in [-0.2, 0) is 7.05 Å². The summed E-state index contributed by atoms with van der Waals surface area (Å²) in [6.45, 7) is 3.71. The topological polar surface area (TPSA) is 43.4 Å². The summed E-state index contributed by atoms with van der Waals surface area (Å²) in [6.07, 6.45) is 0.159. The monoisotopic (exact) mass is 339 g/mol. The van der Waals surface area contributed by atoms with Crippen LogP contribution in [0.5, 0.6) is 5.75 Å². The van der Waals surface area contributed by atoms with E-state index >= 15 is 0 Å². The molecule has 4 nitrogen and oxygen atoms in total. The van der Waals surface area contributed by atoms with Crippen molar-refractivity contribution in [1.82, 2.24) is 9.47 Å². The fraction of sp³-hybridized carbons (Fsp3) is 0.300. The highest BCUT2D eigenvalue weighted by Gasteiger charge is 2.26. The summed E-state index contributed by atoms with van der Waals surface area (Å²) in [5.41, 5.74) is 9.36. The van der Waals surface area contributed by atoms with Crippen LogP contribution >= 0.6 is 0 Å². The highest BCUT2D eigenvalue weighted by atomic mass is 19.1. The minimum atomic E-state index is -0.226. The Morgan fingerprint density at radius 1 is 1.16 bits per heavy atom. The number of hydrogen-bond acceptors (Lipinski definition) is 3. The van der Waals surface area contributed by atoms with E-state index in [1.165, 1.54) is 6.07 Å². The Morgan fingerprint density at radius 2 is 1.92 bits per heavy atom. The van der Waals surface area contributed by atoms with Crippen molar-refractivity contribution in [2.24, 2.45) is 7.05 Å². The summed E-state index contributed by atoms with van der Waals surface area (Å²) in [4.78, 5) is 2.20. The fourth-order valence-corrected chi connectivity index (χ4v) is 3.55. The van der Waals surface area contributed by atoms with E-state index in [0.29, 0.717) is 11.4 Å². The molecule has 0 unspecified atom stereocenters. The molecule has 1 saturated heterocycles. The number of likely N-dealkylation sites (tertiary alicyclic amines) is 1. The van der Waals surface area contributed by atoms with E-state index in [-0.39, 0.29) is 11.9 Å². The number of benzene rings is 2. The lowest BCUT2D eigenvalue weighted by Crippen LogP contribution is -2.51. The predicted molar refractivity (Wildman–Crippen MR) is 99.4 cm³/mol. The number of halogens is 1. The molecule has 0 atom stereocenters. The molecule has 2 aromatic carbocycles. The molecule has 130 valence electrons. The molecule has 0 spiro atoms. The molecular weight excluding hydrogens is 317 g/mol. The maximum atomic E-state index is 14.5. The van der Waals surface area contributed by atoms with Crippen molar-refractivity contribution in [2.45, 2.75) is 13.0 Å². The number of anilines is 1. The maximum absolute atomic E-state index is 14.5. The quantitative estimate of drug-likeness (QED) is 0.793. The molecule has 2 heterocycles. The molecule has 0 bridgehead atoms. The Hall–Kier alpha value is -2.53. The van der Waals surface area contributed by atoms with Gasteiger partial charge < -0.3 is 15.0 Å². The lowest BCUT2D eigenvalue weighted by molar-refractivity contribution is 0.0400. The normalized spacial score (nSPS) is 15.5. The zero-order valence-corrected chi connectivity index (χ0v) is 14.7. The molecule has 5 heteroatoms. The van der Waals surface area contributed by atoms with Crippen LogP contribution in [0, 0.1) is 12.7 Å². The average molecular weight is 339 g/mol. The second kappa shape index (κ2) is 5.77. The molecule has 0 aliphatic carbocycles. The number of likely N-dealkylation sites (N-methyl/N-ethyl adjacent to an activating group) is 1. The Kier molecular flexibility index (Phi) is 3.69. The van der Waals surface area contributed by atoms with Crippen molar-refractivity contribution in [3.8, 4) is 16.9 Å². The SMILES string of the molecule is Cc1cccc(F)c1-c1cc(OC2CN(C)C2)c2cc(N)n(C)c2c1. The minimum absolute atomic E-state index is 0.159. The molecule has 1 fully saturated rings. The van der Waals surface area contributed by atoms with Crippen LogP contribution in [-0.4, -0.2) is 35.7 Å². The van der Waals surface area contributed by atoms with Crippen molar-refractivity contribution in [3.05, 3.63) is 47.8 Å². The van der Waals surface area contributed by atoms with Gasteiger partial charge in [0.2, 0.25) is 0 Å². The number of hydrogen-bond donors (Lipinski definition) is 1. The number of aryl methyl sites for hydroxylation is 2. The molecule has 0 amide bonds. The summed E-state index contributed by atoms with van der Waals surface area (Å²) in [5, 5.41) is 0.965. The van der Waals surface area contributed by atoms with Crippen LogP contribution in [0.25, 0.3) is 22.0 Å². The lowest BCUT2D eigenvalue weighted by atomic mass is 9.98. The molecule has 0 saturated carbocycles. The Labute approximate surface area is 146 Å². The third kappa shape index (κ3) is 2.65. The van der Waals surface area contributed by atoms with Gasteiger partial charge in [-0.3, -0.25) is 4.90 Å². The van der Waals surface area contributed by atoms with E-state index in [9.17, 15) is 4.39 Å². The molecule has 25 heavy (non-hydrogen) atoms. The molecule has 1 aliphatic rings. The summed E-state index contributed by atoms with van der Waals surface area (Å²) >= 11 is 0. The van der Waals surface area contributed by atoms with Gasteiger partial charge in [-0.2, -0.15) is 0 Å². The molecule has 3 aromatic rings. The summed E-state index contributed by atoms with van der Waals surface area (Å²) in [5.74, 6) is 1.20. The summed E-state index contributed by atoms with van der Waals surface area (Å²) in [7, 11) is 3.98. The number of ether oxygens (including phenoxy) is 1. The van der Waals surface area contributed by atoms with E-state index in [0.717, 1.165) is 40.9 Å². The van der Waals surface area contributed by atoms with Gasteiger partial charge in [0.1, 0.15) is 23.5 Å². The van der Waals surface area contributed by atoms with Gasteiger partial charge in [-0.05, 0) is 49.4 Å². The molecule has 1 aromatic heterocycles. The smallest absolute Gasteiger partial charge is 0.131 e. The predicted octanol–water partition coefficient (Wildman–Crippen LogP) is 3.57. The molecule has 4 rings (SSSR count). The van der Waals surface area contributed by atoms with Crippen LogP contribution in [0.4, 0.5) is 10.2 Å². The van der Waals surface area contributed by atoms with Gasteiger partial charge in [-0.25, -0.2) is 4.39 Å². The fourth-order valence-electron chi connectivity index (χ4n) is 3.55. The van der Waals surface area contributed by atoms with Gasteiger partial charge in [0.15, 0.2) is 0 Å². The Morgan fingerprint density at radius 3 is 2.60 bits per heavy atom. The summed E-state index contributed by atoms with van der Waals surface area (Å²) < 4.78 is 22.6. The van der Waals surface area contributed by atoms with E-state index in [1.54, 1.807) is 6.07 Å². The number of aromatic nitrogens is 1. The highest BCUT2D eigenvalue weighted by molar-refractivity contribution is 5.94. The zero-order valence-electron chi connectivity index (χ0n) is 14.7. The summed E-state index contributed by atoms with van der Waals surface area (Å²) in [6, 6.07) is 11.0. The van der Waals surface area contributed by atoms with E-state index < -0.39 is 0 Å². The number of rotatable bonds is 3. The first-order valence-corrected chi connectivity index (χ1v) is 8.43. The van der Waals surface area contributed by atoms with E-state index in [4.69, 9.17) is 10.5 Å². The Bertz CT molecular complexity index is 937. The lowest BCUT2D eigenvalue weighted by Gasteiger charge is -2.36. The number of fused-ring (bicyclic) bond motifs is 1. The second-order valence-corrected chi connectivity index (χ2v) is 6.93. The van der Waals surface area contributed by atoms with E-state index in [1.807, 2.05) is 42.8 Å². The third-order valence-electron chi connectivity index (χ3n) is 5.00. The number of nitrogens with zero attached hydrogens (tertiary/aromatic N) is 2. The van der Waals surface area contributed by atoms with Crippen molar-refractivity contribution < 1.29 is 9.13 Å². The van der Waals surface area contributed by atoms with Crippen molar-refractivity contribution >= 4 is 16.7 Å². The number of nitrogens with two attached hydrogens (primary N) is 1. The molecule has 2 N–H and O–H groups in total. The molecule has 0 radical (unpaired) electrons. The highest BCUT2D eigenvalue weighted by Crippen LogP contribution is 2.37. The van der Waals surface area contributed by atoms with Crippen molar-refractivity contribution in [1.29, 1.82) is 0 Å². The van der Waals surface area contributed by atoms with Gasteiger partial charge in [-0.1, -0.05) is 12.1 Å². The first kappa shape index (κ1) is 16.0. The van der Waals surface area contributed by atoms with E-state index in [2.05, 4.69) is 11.9 Å². The van der Waals surface area contributed by atoms with Crippen LogP contribution in [0.2, 0.25) is 0 Å². The van der Waals surface area contributed by atoms with Crippen LogP contribution < -0.4 is 10.5 Å². The minimum Gasteiger partial charge on any atom is -0.487 e. The zero-order chi connectivity index (χ0) is 17.7. The van der Waals surface area contributed by atoms with Crippen molar-refractivity contribution in [2.75, 3.05) is 25.9 Å². The molecular formula is C20H22FN3O. The largest absolute Gasteiger partial charge is 0.487 e. The third-order valence-corrected chi connectivity index (χ3v) is 5.00. The van der Waals surface area contributed by atoms with Gasteiger partial charge in [0.05, 0.1) is 5.52 Å². The average Bonchev–Trinajstić information content (AvgIpc) is 2.82. The second-order valence-electron chi connectivity index (χ2n) is 6.93. The number of nitrogen functional groups attached to an aromatic ring is 1. The van der Waals surface area contributed by atoms with Crippen LogP contribution in [0.1, 0.15) is 5.56 Å². The van der Waals surface area contributed by atoms with Gasteiger partial charge >= 0.3 is 0 Å². The standard InChI is InChI=1S/C20H22FN3O/c1-12-5-4-6-16(21)20(12)13-7-17-15(9-19(22)24(17)3)18(8-13)25-14-10-23(2)11-14/h4-9,14H,10-11,22H2,1-3H3. The van der Waals surface area contributed by atoms with Gasteiger partial charge in [0.25, 0.3) is 0 Å².